The standard InChI is InChI=1S/C22H24O6/c1-6-22(2,3)15-9-13(18(27-5)10-16(15)23)14-11-28-19-8-12(26-4)7-17(24)20(19)21(14)25/h6-10,14,23-24H,1,11H2,2-5H3. The van der Waals surface area contributed by atoms with E-state index in [9.17, 15) is 15.0 Å². The fraction of sp³-hybridized carbons (Fsp3) is 0.318. The van der Waals surface area contributed by atoms with Gasteiger partial charge in [0, 0.05) is 34.7 Å². The van der Waals surface area contributed by atoms with Crippen LogP contribution < -0.4 is 14.2 Å². The molecule has 0 amide bonds. The van der Waals surface area contributed by atoms with Crippen LogP contribution in [0.4, 0.5) is 0 Å². The Hall–Kier alpha value is -3.15. The van der Waals surface area contributed by atoms with E-state index in [0.29, 0.717) is 22.6 Å². The molecule has 0 aromatic heterocycles. The normalized spacial score (nSPS) is 16.1. The van der Waals surface area contributed by atoms with Crippen molar-refractivity contribution in [2.75, 3.05) is 20.8 Å². The largest absolute Gasteiger partial charge is 0.507 e. The Morgan fingerprint density at radius 1 is 1.14 bits per heavy atom. The first-order chi connectivity index (χ1) is 13.2. The summed E-state index contributed by atoms with van der Waals surface area (Å²) in [6.45, 7) is 7.73. The maximum Gasteiger partial charge on any atom is 0.181 e. The minimum absolute atomic E-state index is 0.0580. The lowest BCUT2D eigenvalue weighted by Gasteiger charge is -2.29. The predicted octanol–water partition coefficient (Wildman–Crippen LogP) is 3.94. The number of fused-ring (bicyclic) bond motifs is 1. The molecular formula is C22H24O6. The molecule has 0 aliphatic carbocycles. The molecule has 2 N–H and O–H groups in total. The summed E-state index contributed by atoms with van der Waals surface area (Å²) in [6.07, 6.45) is 1.73. The maximum atomic E-state index is 13.2. The third-order valence-corrected chi connectivity index (χ3v) is 5.19. The van der Waals surface area contributed by atoms with Gasteiger partial charge in [-0.25, -0.2) is 0 Å². The SMILES string of the molecule is C=CC(C)(C)c1cc(C2COc3cc(OC)cc(O)c3C2=O)c(OC)cc1O. The highest BCUT2D eigenvalue weighted by molar-refractivity contribution is 6.07. The van der Waals surface area contributed by atoms with Gasteiger partial charge in [-0.2, -0.15) is 0 Å². The number of ether oxygens (including phenoxy) is 3. The number of hydrogen-bond acceptors (Lipinski definition) is 6. The van der Waals surface area contributed by atoms with Crippen LogP contribution in [-0.2, 0) is 5.41 Å². The molecule has 0 radical (unpaired) electrons. The zero-order valence-electron chi connectivity index (χ0n) is 16.4. The zero-order chi connectivity index (χ0) is 20.6. The summed E-state index contributed by atoms with van der Waals surface area (Å²) in [5.41, 5.74) is 0.792. The lowest BCUT2D eigenvalue weighted by Crippen LogP contribution is -2.27. The molecule has 6 nitrogen and oxygen atoms in total. The van der Waals surface area contributed by atoms with Gasteiger partial charge in [0.15, 0.2) is 5.78 Å². The van der Waals surface area contributed by atoms with Gasteiger partial charge in [0.25, 0.3) is 0 Å². The molecule has 0 bridgehead atoms. The van der Waals surface area contributed by atoms with Gasteiger partial charge >= 0.3 is 0 Å². The van der Waals surface area contributed by atoms with Crippen molar-refractivity contribution in [3.05, 3.63) is 53.6 Å². The van der Waals surface area contributed by atoms with E-state index in [1.807, 2.05) is 13.8 Å². The quantitative estimate of drug-likeness (QED) is 0.760. The molecule has 0 saturated carbocycles. The van der Waals surface area contributed by atoms with Gasteiger partial charge in [0.05, 0.1) is 20.1 Å². The number of rotatable bonds is 5. The second-order valence-electron chi connectivity index (χ2n) is 7.28. The second kappa shape index (κ2) is 7.11. The Morgan fingerprint density at radius 3 is 2.46 bits per heavy atom. The lowest BCUT2D eigenvalue weighted by molar-refractivity contribution is 0.0889. The molecule has 1 atom stereocenters. The molecule has 6 heteroatoms. The van der Waals surface area contributed by atoms with Gasteiger partial charge in [-0.15, -0.1) is 6.58 Å². The van der Waals surface area contributed by atoms with Crippen molar-refractivity contribution in [1.29, 1.82) is 0 Å². The average molecular weight is 384 g/mol. The van der Waals surface area contributed by atoms with Crippen molar-refractivity contribution in [3.8, 4) is 28.7 Å². The average Bonchev–Trinajstić information content (AvgIpc) is 2.67. The van der Waals surface area contributed by atoms with Gasteiger partial charge < -0.3 is 24.4 Å². The topological polar surface area (TPSA) is 85.2 Å². The molecule has 148 valence electrons. The van der Waals surface area contributed by atoms with Crippen LogP contribution in [0.2, 0.25) is 0 Å². The molecule has 1 heterocycles. The van der Waals surface area contributed by atoms with Crippen molar-refractivity contribution in [1.82, 2.24) is 0 Å². The minimum atomic E-state index is -0.693. The number of hydrogen-bond donors (Lipinski definition) is 2. The van der Waals surface area contributed by atoms with Crippen LogP contribution in [-0.4, -0.2) is 36.8 Å². The van der Waals surface area contributed by atoms with Crippen molar-refractivity contribution in [3.63, 3.8) is 0 Å². The molecule has 2 aromatic carbocycles. The van der Waals surface area contributed by atoms with Crippen LogP contribution in [0.25, 0.3) is 0 Å². The molecule has 3 rings (SSSR count). The molecule has 0 spiro atoms. The van der Waals surface area contributed by atoms with Crippen molar-refractivity contribution in [2.24, 2.45) is 0 Å². The zero-order valence-corrected chi connectivity index (χ0v) is 16.4. The second-order valence-corrected chi connectivity index (χ2v) is 7.28. The number of allylic oxidation sites excluding steroid dienone is 1. The Morgan fingerprint density at radius 2 is 1.86 bits per heavy atom. The molecule has 1 unspecified atom stereocenters. The summed E-state index contributed by atoms with van der Waals surface area (Å²) in [6, 6.07) is 6.19. The summed E-state index contributed by atoms with van der Waals surface area (Å²) in [5.74, 6) is -0.0627. The van der Waals surface area contributed by atoms with E-state index in [1.54, 1.807) is 18.2 Å². The fourth-order valence-electron chi connectivity index (χ4n) is 3.37. The number of Topliss-reactive ketones (excluding diaryl/α,β-unsaturated/α-hetero) is 1. The fourth-order valence-corrected chi connectivity index (χ4v) is 3.37. The number of carbonyl (C=O) groups is 1. The van der Waals surface area contributed by atoms with E-state index in [-0.39, 0.29) is 35.2 Å². The van der Waals surface area contributed by atoms with Crippen molar-refractivity contribution >= 4 is 5.78 Å². The highest BCUT2D eigenvalue weighted by Gasteiger charge is 2.36. The van der Waals surface area contributed by atoms with Gasteiger partial charge in [-0.3, -0.25) is 4.79 Å². The first-order valence-electron chi connectivity index (χ1n) is 8.86. The van der Waals surface area contributed by atoms with E-state index in [4.69, 9.17) is 14.2 Å². The third kappa shape index (κ3) is 3.15. The minimum Gasteiger partial charge on any atom is -0.507 e. The summed E-state index contributed by atoms with van der Waals surface area (Å²) in [5, 5.41) is 20.8. The first kappa shape index (κ1) is 19.6. The lowest BCUT2D eigenvalue weighted by atomic mass is 9.80. The van der Waals surface area contributed by atoms with Gasteiger partial charge in [-0.1, -0.05) is 19.9 Å². The number of phenols is 2. The summed E-state index contributed by atoms with van der Waals surface area (Å²) < 4.78 is 16.3. The maximum absolute atomic E-state index is 13.2. The molecular weight excluding hydrogens is 360 g/mol. The summed E-state index contributed by atoms with van der Waals surface area (Å²) >= 11 is 0. The Bertz CT molecular complexity index is 945. The predicted molar refractivity (Wildman–Crippen MR) is 105 cm³/mol. The van der Waals surface area contributed by atoms with Crippen LogP contribution in [0.5, 0.6) is 28.7 Å². The highest BCUT2D eigenvalue weighted by Crippen LogP contribution is 2.45. The monoisotopic (exact) mass is 384 g/mol. The van der Waals surface area contributed by atoms with Gasteiger partial charge in [0.2, 0.25) is 0 Å². The van der Waals surface area contributed by atoms with Crippen LogP contribution >= 0.6 is 0 Å². The van der Waals surface area contributed by atoms with E-state index < -0.39 is 11.3 Å². The smallest absolute Gasteiger partial charge is 0.181 e. The summed E-state index contributed by atoms with van der Waals surface area (Å²) in [7, 11) is 2.94. The number of methoxy groups -OCH3 is 2. The number of benzene rings is 2. The molecule has 1 aliphatic heterocycles. The van der Waals surface area contributed by atoms with Crippen LogP contribution in [0, 0.1) is 0 Å². The van der Waals surface area contributed by atoms with Gasteiger partial charge in [0.1, 0.15) is 40.9 Å². The summed E-state index contributed by atoms with van der Waals surface area (Å²) in [4.78, 5) is 13.2. The van der Waals surface area contributed by atoms with Crippen molar-refractivity contribution < 1.29 is 29.2 Å². The molecule has 0 fully saturated rings. The van der Waals surface area contributed by atoms with E-state index in [2.05, 4.69) is 6.58 Å². The van der Waals surface area contributed by atoms with Crippen LogP contribution in [0.1, 0.15) is 41.3 Å². The van der Waals surface area contributed by atoms with Crippen LogP contribution in [0.3, 0.4) is 0 Å². The van der Waals surface area contributed by atoms with Crippen molar-refractivity contribution in [2.45, 2.75) is 25.2 Å². The van der Waals surface area contributed by atoms with E-state index in [1.165, 1.54) is 26.4 Å². The number of carbonyl (C=O) groups excluding carboxylic acids is 1. The Kier molecular flexibility index (Phi) is 4.98. The molecule has 1 aliphatic rings. The molecule has 0 saturated heterocycles. The number of phenolic OH excluding ortho intramolecular Hbond substituents is 2. The first-order valence-corrected chi connectivity index (χ1v) is 8.86. The third-order valence-electron chi connectivity index (χ3n) is 5.19. The number of aromatic hydroxyl groups is 2. The van der Waals surface area contributed by atoms with E-state index >= 15 is 0 Å². The molecule has 2 aromatic rings. The van der Waals surface area contributed by atoms with Gasteiger partial charge in [-0.05, 0) is 6.07 Å². The number of ketones is 1. The Labute approximate surface area is 164 Å². The highest BCUT2D eigenvalue weighted by atomic mass is 16.5. The van der Waals surface area contributed by atoms with Crippen LogP contribution in [0.15, 0.2) is 36.9 Å². The van der Waals surface area contributed by atoms with E-state index in [0.717, 1.165) is 0 Å². The Balaban J connectivity index is 2.13. The molecule has 28 heavy (non-hydrogen) atoms.